The molecule has 1 aromatic carbocycles. The Labute approximate surface area is 144 Å². The van der Waals surface area contributed by atoms with Gasteiger partial charge in [0.1, 0.15) is 11.4 Å². The van der Waals surface area contributed by atoms with E-state index >= 15 is 0 Å². The van der Waals surface area contributed by atoms with Crippen LogP contribution in [0.5, 0.6) is 0 Å². The summed E-state index contributed by atoms with van der Waals surface area (Å²) in [6.45, 7) is 8.85. The fourth-order valence-electron chi connectivity index (χ4n) is 3.00. The van der Waals surface area contributed by atoms with Crippen molar-refractivity contribution >= 4 is 6.09 Å². The number of rotatable bonds is 4. The average Bonchev–Trinajstić information content (AvgIpc) is 2.50. The zero-order valence-electron chi connectivity index (χ0n) is 15.2. The van der Waals surface area contributed by atoms with E-state index in [1.807, 2.05) is 32.9 Å². The molecule has 1 saturated heterocycles. The highest BCUT2D eigenvalue weighted by Crippen LogP contribution is 2.21. The molecule has 24 heavy (non-hydrogen) atoms. The molecule has 0 aromatic heterocycles. The summed E-state index contributed by atoms with van der Waals surface area (Å²) < 4.78 is 19.1. The first-order valence-electron chi connectivity index (χ1n) is 8.64. The molecule has 1 fully saturated rings. The first-order chi connectivity index (χ1) is 11.2. The zero-order chi connectivity index (χ0) is 17.7. The van der Waals surface area contributed by atoms with E-state index < -0.39 is 5.60 Å². The van der Waals surface area contributed by atoms with Crippen molar-refractivity contribution in [3.8, 4) is 0 Å². The Hall–Kier alpha value is -1.62. The second-order valence-electron chi connectivity index (χ2n) is 7.67. The fourth-order valence-corrected chi connectivity index (χ4v) is 3.00. The van der Waals surface area contributed by atoms with Gasteiger partial charge >= 0.3 is 6.09 Å². The van der Waals surface area contributed by atoms with Crippen LogP contribution in [0.1, 0.15) is 39.2 Å². The molecule has 1 heterocycles. The topological polar surface area (TPSA) is 32.8 Å². The lowest BCUT2D eigenvalue weighted by Crippen LogP contribution is -2.41. The number of piperidine rings is 1. The van der Waals surface area contributed by atoms with Gasteiger partial charge in [-0.1, -0.05) is 18.2 Å². The lowest BCUT2D eigenvalue weighted by Gasteiger charge is -2.34. The van der Waals surface area contributed by atoms with Crippen molar-refractivity contribution in [2.75, 3.05) is 26.7 Å². The summed E-state index contributed by atoms with van der Waals surface area (Å²) in [7, 11) is 1.79. The molecule has 1 aliphatic rings. The third kappa shape index (κ3) is 5.78. The van der Waals surface area contributed by atoms with Crippen LogP contribution in [0.4, 0.5) is 9.18 Å². The summed E-state index contributed by atoms with van der Waals surface area (Å²) in [5.74, 6) is 0.337. The standard InChI is InChI=1S/C19H29FN2O2/c1-19(2,3)24-18(23)21(4)13-15-9-11-22(12-10-15)14-16-7-5-6-8-17(16)20/h5-8,15H,9-14H2,1-4H3. The van der Waals surface area contributed by atoms with Crippen LogP contribution in [-0.4, -0.2) is 48.2 Å². The van der Waals surface area contributed by atoms with Gasteiger partial charge in [0.15, 0.2) is 0 Å². The molecule has 1 aliphatic heterocycles. The van der Waals surface area contributed by atoms with Crippen molar-refractivity contribution < 1.29 is 13.9 Å². The number of amides is 1. The quantitative estimate of drug-likeness (QED) is 0.836. The lowest BCUT2D eigenvalue weighted by molar-refractivity contribution is 0.0248. The normalized spacial score (nSPS) is 16.9. The number of carbonyl (C=O) groups is 1. The molecule has 2 rings (SSSR count). The van der Waals surface area contributed by atoms with Gasteiger partial charge in [-0.2, -0.15) is 0 Å². The molecule has 0 N–H and O–H groups in total. The minimum Gasteiger partial charge on any atom is -0.444 e. The van der Waals surface area contributed by atoms with Gasteiger partial charge in [-0.3, -0.25) is 4.90 Å². The van der Waals surface area contributed by atoms with Gasteiger partial charge in [0, 0.05) is 25.7 Å². The summed E-state index contributed by atoms with van der Waals surface area (Å²) in [5, 5.41) is 0. The van der Waals surface area contributed by atoms with E-state index in [0.717, 1.165) is 31.5 Å². The number of ether oxygens (including phenoxy) is 1. The van der Waals surface area contributed by atoms with Crippen LogP contribution in [0.2, 0.25) is 0 Å². The highest BCUT2D eigenvalue weighted by Gasteiger charge is 2.25. The predicted molar refractivity (Wildman–Crippen MR) is 93.3 cm³/mol. The summed E-state index contributed by atoms with van der Waals surface area (Å²) >= 11 is 0. The van der Waals surface area contributed by atoms with Crippen molar-refractivity contribution in [1.29, 1.82) is 0 Å². The highest BCUT2D eigenvalue weighted by atomic mass is 19.1. The van der Waals surface area contributed by atoms with E-state index in [2.05, 4.69) is 4.90 Å². The molecule has 5 heteroatoms. The maximum atomic E-state index is 13.7. The molecular weight excluding hydrogens is 307 g/mol. The molecule has 0 aliphatic carbocycles. The molecule has 0 atom stereocenters. The molecule has 0 radical (unpaired) electrons. The minimum atomic E-state index is -0.464. The Morgan fingerprint density at radius 2 is 1.92 bits per heavy atom. The summed E-state index contributed by atoms with van der Waals surface area (Å²) in [5.41, 5.74) is 0.288. The van der Waals surface area contributed by atoms with Crippen molar-refractivity contribution in [3.63, 3.8) is 0 Å². The van der Waals surface area contributed by atoms with Crippen LogP contribution in [0.3, 0.4) is 0 Å². The van der Waals surface area contributed by atoms with Gasteiger partial charge in [-0.25, -0.2) is 9.18 Å². The monoisotopic (exact) mass is 336 g/mol. The van der Waals surface area contributed by atoms with Gasteiger partial charge in [0.2, 0.25) is 0 Å². The van der Waals surface area contributed by atoms with Crippen LogP contribution in [0.15, 0.2) is 24.3 Å². The summed E-state index contributed by atoms with van der Waals surface area (Å²) in [6.07, 6.45) is 1.76. The molecule has 1 amide bonds. The second-order valence-corrected chi connectivity index (χ2v) is 7.67. The second kappa shape index (κ2) is 7.97. The molecule has 1 aromatic rings. The van der Waals surface area contributed by atoms with Gasteiger partial charge < -0.3 is 9.64 Å². The molecule has 0 bridgehead atoms. The van der Waals surface area contributed by atoms with Crippen molar-refractivity contribution in [1.82, 2.24) is 9.80 Å². The largest absolute Gasteiger partial charge is 0.444 e. The number of nitrogens with zero attached hydrogens (tertiary/aromatic N) is 2. The van der Waals surface area contributed by atoms with Crippen LogP contribution in [0.25, 0.3) is 0 Å². The molecular formula is C19H29FN2O2. The average molecular weight is 336 g/mol. The van der Waals surface area contributed by atoms with E-state index in [9.17, 15) is 9.18 Å². The lowest BCUT2D eigenvalue weighted by atomic mass is 9.96. The van der Waals surface area contributed by atoms with Gasteiger partial charge in [0.25, 0.3) is 0 Å². The number of hydrogen-bond donors (Lipinski definition) is 0. The zero-order valence-corrected chi connectivity index (χ0v) is 15.2. The first kappa shape index (κ1) is 18.7. The summed E-state index contributed by atoms with van der Waals surface area (Å²) in [4.78, 5) is 16.0. The Bertz CT molecular complexity index is 549. The van der Waals surface area contributed by atoms with E-state index in [0.29, 0.717) is 19.0 Å². The van der Waals surface area contributed by atoms with E-state index in [4.69, 9.17) is 4.74 Å². The van der Waals surface area contributed by atoms with Crippen LogP contribution in [-0.2, 0) is 11.3 Å². The fraction of sp³-hybridized carbons (Fsp3) is 0.632. The predicted octanol–water partition coefficient (Wildman–Crippen LogP) is 3.90. The van der Waals surface area contributed by atoms with Gasteiger partial charge in [-0.05, 0) is 58.7 Å². The Kier molecular flexibility index (Phi) is 6.21. The minimum absolute atomic E-state index is 0.135. The molecule has 4 nitrogen and oxygen atoms in total. The third-order valence-corrected chi connectivity index (χ3v) is 4.30. The van der Waals surface area contributed by atoms with E-state index in [1.165, 1.54) is 6.07 Å². The van der Waals surface area contributed by atoms with Crippen molar-refractivity contribution in [3.05, 3.63) is 35.6 Å². The smallest absolute Gasteiger partial charge is 0.410 e. The maximum Gasteiger partial charge on any atom is 0.410 e. The van der Waals surface area contributed by atoms with Crippen LogP contribution >= 0.6 is 0 Å². The molecule has 134 valence electrons. The van der Waals surface area contributed by atoms with Crippen LogP contribution < -0.4 is 0 Å². The first-order valence-corrected chi connectivity index (χ1v) is 8.64. The molecule has 0 unspecified atom stereocenters. The number of likely N-dealkylation sites (tertiary alicyclic amines) is 1. The third-order valence-electron chi connectivity index (χ3n) is 4.30. The van der Waals surface area contributed by atoms with Crippen LogP contribution in [0, 0.1) is 11.7 Å². The number of halogens is 1. The summed E-state index contributed by atoms with van der Waals surface area (Å²) in [6, 6.07) is 6.95. The Balaban J connectivity index is 1.76. The van der Waals surface area contributed by atoms with Gasteiger partial charge in [0.05, 0.1) is 0 Å². The molecule has 0 spiro atoms. The number of hydrogen-bond acceptors (Lipinski definition) is 3. The van der Waals surface area contributed by atoms with E-state index in [-0.39, 0.29) is 11.9 Å². The maximum absolute atomic E-state index is 13.7. The molecule has 0 saturated carbocycles. The highest BCUT2D eigenvalue weighted by molar-refractivity contribution is 5.67. The Morgan fingerprint density at radius 3 is 2.50 bits per heavy atom. The van der Waals surface area contributed by atoms with Crippen molar-refractivity contribution in [2.24, 2.45) is 5.92 Å². The van der Waals surface area contributed by atoms with Crippen molar-refractivity contribution in [2.45, 2.75) is 45.8 Å². The number of benzene rings is 1. The van der Waals surface area contributed by atoms with E-state index in [1.54, 1.807) is 18.0 Å². The number of carbonyl (C=O) groups excluding carboxylic acids is 1. The van der Waals surface area contributed by atoms with Gasteiger partial charge in [-0.15, -0.1) is 0 Å². The Morgan fingerprint density at radius 1 is 1.29 bits per heavy atom. The SMILES string of the molecule is CN(CC1CCN(Cc2ccccc2F)CC1)C(=O)OC(C)(C)C.